The van der Waals surface area contributed by atoms with Crippen molar-refractivity contribution in [2.45, 2.75) is 39.2 Å². The van der Waals surface area contributed by atoms with Crippen molar-refractivity contribution in [1.82, 2.24) is 4.57 Å². The molecular weight excluding hydrogens is 210 g/mol. The monoisotopic (exact) mass is 229 g/mol. The highest BCUT2D eigenvalue weighted by Crippen LogP contribution is 2.19. The minimum Gasteiger partial charge on any atom is -0.316 e. The standard InChI is InChI=1S/C15H19NO/c1-2-3-10-16-11-9-14(12-15(16)17)13-7-5-4-6-8-13/h5,7-9,11-12H,2-4,6,10H2,1H3. The molecule has 0 radical (unpaired) electrons. The van der Waals surface area contributed by atoms with Crippen LogP contribution >= 0.6 is 0 Å². The van der Waals surface area contributed by atoms with Gasteiger partial charge in [-0.1, -0.05) is 31.6 Å². The molecule has 0 N–H and O–H groups in total. The molecular formula is C15H19NO. The topological polar surface area (TPSA) is 22.0 Å². The number of hydrogen-bond acceptors (Lipinski definition) is 1. The van der Waals surface area contributed by atoms with Crippen molar-refractivity contribution in [2.24, 2.45) is 0 Å². The third-order valence-electron chi connectivity index (χ3n) is 3.08. The molecule has 0 aliphatic heterocycles. The van der Waals surface area contributed by atoms with Gasteiger partial charge in [0.05, 0.1) is 0 Å². The second-order valence-corrected chi connectivity index (χ2v) is 4.44. The fourth-order valence-electron chi connectivity index (χ4n) is 2.03. The lowest BCUT2D eigenvalue weighted by Gasteiger charge is -2.09. The summed E-state index contributed by atoms with van der Waals surface area (Å²) in [6.07, 6.45) is 12.7. The van der Waals surface area contributed by atoms with Gasteiger partial charge in [-0.3, -0.25) is 4.79 Å². The van der Waals surface area contributed by atoms with Gasteiger partial charge in [-0.15, -0.1) is 0 Å². The Balaban J connectivity index is 2.21. The molecule has 0 spiro atoms. The summed E-state index contributed by atoms with van der Waals surface area (Å²) in [7, 11) is 0. The van der Waals surface area contributed by atoms with Crippen molar-refractivity contribution in [3.05, 3.63) is 52.5 Å². The van der Waals surface area contributed by atoms with Crippen LogP contribution in [-0.2, 0) is 6.54 Å². The van der Waals surface area contributed by atoms with Gasteiger partial charge in [0, 0.05) is 18.8 Å². The van der Waals surface area contributed by atoms with E-state index in [0.717, 1.165) is 37.8 Å². The van der Waals surface area contributed by atoms with Crippen LogP contribution in [0.5, 0.6) is 0 Å². The highest BCUT2D eigenvalue weighted by atomic mass is 16.1. The van der Waals surface area contributed by atoms with Crippen molar-refractivity contribution < 1.29 is 0 Å². The normalized spacial score (nSPS) is 14.8. The van der Waals surface area contributed by atoms with Crippen LogP contribution in [-0.4, -0.2) is 4.57 Å². The summed E-state index contributed by atoms with van der Waals surface area (Å²) >= 11 is 0. The molecule has 2 heteroatoms. The van der Waals surface area contributed by atoms with Gasteiger partial charge in [-0.2, -0.15) is 0 Å². The second kappa shape index (κ2) is 5.67. The van der Waals surface area contributed by atoms with E-state index in [1.54, 1.807) is 10.6 Å². The average Bonchev–Trinajstić information content (AvgIpc) is 2.38. The molecule has 0 aromatic carbocycles. The van der Waals surface area contributed by atoms with Crippen LogP contribution in [0.25, 0.3) is 5.57 Å². The first-order valence-electron chi connectivity index (χ1n) is 6.39. The van der Waals surface area contributed by atoms with E-state index in [1.165, 1.54) is 5.57 Å². The van der Waals surface area contributed by atoms with Gasteiger partial charge in [0.15, 0.2) is 0 Å². The molecule has 90 valence electrons. The Morgan fingerprint density at radius 3 is 2.88 bits per heavy atom. The molecule has 2 nitrogen and oxygen atoms in total. The summed E-state index contributed by atoms with van der Waals surface area (Å²) in [4.78, 5) is 11.9. The van der Waals surface area contributed by atoms with Crippen molar-refractivity contribution in [2.75, 3.05) is 0 Å². The van der Waals surface area contributed by atoms with E-state index in [-0.39, 0.29) is 5.56 Å². The third kappa shape index (κ3) is 2.96. The second-order valence-electron chi connectivity index (χ2n) is 4.44. The minimum absolute atomic E-state index is 0.107. The van der Waals surface area contributed by atoms with Crippen LogP contribution in [0.2, 0.25) is 0 Å². The molecule has 2 rings (SSSR count). The highest BCUT2D eigenvalue weighted by molar-refractivity contribution is 5.74. The van der Waals surface area contributed by atoms with Crippen LogP contribution in [0.3, 0.4) is 0 Å². The number of hydrogen-bond donors (Lipinski definition) is 0. The van der Waals surface area contributed by atoms with E-state index in [4.69, 9.17) is 0 Å². The first-order valence-corrected chi connectivity index (χ1v) is 6.39. The Morgan fingerprint density at radius 1 is 1.35 bits per heavy atom. The lowest BCUT2D eigenvalue weighted by atomic mass is 10.0. The zero-order valence-corrected chi connectivity index (χ0v) is 10.4. The molecule has 0 saturated carbocycles. The zero-order chi connectivity index (χ0) is 12.1. The van der Waals surface area contributed by atoms with Gasteiger partial charge in [-0.05, 0) is 36.5 Å². The molecule has 1 aliphatic rings. The number of unbranched alkanes of at least 4 members (excludes halogenated alkanes) is 1. The fraction of sp³-hybridized carbons (Fsp3) is 0.400. The first kappa shape index (κ1) is 11.9. The van der Waals surface area contributed by atoms with Crippen LogP contribution < -0.4 is 5.56 Å². The van der Waals surface area contributed by atoms with Crippen molar-refractivity contribution >= 4 is 5.57 Å². The number of nitrogens with zero attached hydrogens (tertiary/aromatic N) is 1. The maximum atomic E-state index is 11.9. The van der Waals surface area contributed by atoms with Gasteiger partial charge >= 0.3 is 0 Å². The molecule has 17 heavy (non-hydrogen) atoms. The first-order chi connectivity index (χ1) is 8.31. The van der Waals surface area contributed by atoms with E-state index in [0.29, 0.717) is 0 Å². The maximum Gasteiger partial charge on any atom is 0.251 e. The summed E-state index contributed by atoms with van der Waals surface area (Å²) in [6, 6.07) is 3.79. The van der Waals surface area contributed by atoms with Crippen molar-refractivity contribution in [1.29, 1.82) is 0 Å². The van der Waals surface area contributed by atoms with Crippen LogP contribution in [0, 0.1) is 0 Å². The Morgan fingerprint density at radius 2 is 2.24 bits per heavy atom. The number of pyridine rings is 1. The largest absolute Gasteiger partial charge is 0.316 e. The molecule has 0 bridgehead atoms. The van der Waals surface area contributed by atoms with Gasteiger partial charge in [0.1, 0.15) is 0 Å². The smallest absolute Gasteiger partial charge is 0.251 e. The van der Waals surface area contributed by atoms with Gasteiger partial charge < -0.3 is 4.57 Å². The molecule has 1 aromatic heterocycles. The number of aryl methyl sites for hydroxylation is 1. The minimum atomic E-state index is 0.107. The van der Waals surface area contributed by atoms with E-state index in [2.05, 4.69) is 25.2 Å². The van der Waals surface area contributed by atoms with Crippen LogP contribution in [0.4, 0.5) is 0 Å². The fourth-order valence-corrected chi connectivity index (χ4v) is 2.03. The predicted molar refractivity (Wildman–Crippen MR) is 72.0 cm³/mol. The van der Waals surface area contributed by atoms with E-state index in [1.807, 2.05) is 12.3 Å². The lowest BCUT2D eigenvalue weighted by Crippen LogP contribution is -2.19. The molecule has 0 atom stereocenters. The van der Waals surface area contributed by atoms with E-state index < -0.39 is 0 Å². The van der Waals surface area contributed by atoms with Gasteiger partial charge in [-0.25, -0.2) is 0 Å². The van der Waals surface area contributed by atoms with E-state index in [9.17, 15) is 4.79 Å². The molecule has 1 aliphatic carbocycles. The summed E-state index contributed by atoms with van der Waals surface area (Å²) < 4.78 is 1.79. The molecule has 0 fully saturated rings. The summed E-state index contributed by atoms with van der Waals surface area (Å²) in [5.74, 6) is 0. The van der Waals surface area contributed by atoms with Gasteiger partial charge in [0.2, 0.25) is 0 Å². The lowest BCUT2D eigenvalue weighted by molar-refractivity contribution is 0.613. The Bertz CT molecular complexity index is 494. The third-order valence-corrected chi connectivity index (χ3v) is 3.08. The van der Waals surface area contributed by atoms with Crippen LogP contribution in [0.15, 0.2) is 41.4 Å². The molecule has 1 aromatic rings. The average molecular weight is 229 g/mol. The molecule has 1 heterocycles. The Hall–Kier alpha value is -1.57. The number of allylic oxidation sites excluding steroid dienone is 4. The van der Waals surface area contributed by atoms with Crippen molar-refractivity contribution in [3.63, 3.8) is 0 Å². The quantitative estimate of drug-likeness (QED) is 0.775. The number of rotatable bonds is 4. The van der Waals surface area contributed by atoms with Crippen LogP contribution in [0.1, 0.15) is 38.2 Å². The summed E-state index contributed by atoms with van der Waals surface area (Å²) in [6.45, 7) is 2.96. The predicted octanol–water partition coefficient (Wildman–Crippen LogP) is 3.38. The molecule has 0 saturated heterocycles. The van der Waals surface area contributed by atoms with E-state index >= 15 is 0 Å². The Kier molecular flexibility index (Phi) is 3.97. The zero-order valence-electron chi connectivity index (χ0n) is 10.4. The SMILES string of the molecule is CCCCn1ccc(C2=CCCC=C2)cc1=O. The summed E-state index contributed by atoms with van der Waals surface area (Å²) in [5.41, 5.74) is 2.32. The van der Waals surface area contributed by atoms with Gasteiger partial charge in [0.25, 0.3) is 5.56 Å². The highest BCUT2D eigenvalue weighted by Gasteiger charge is 2.03. The maximum absolute atomic E-state index is 11.9. The van der Waals surface area contributed by atoms with Crippen molar-refractivity contribution in [3.8, 4) is 0 Å². The molecule has 0 unspecified atom stereocenters. The Labute approximate surface area is 102 Å². The number of aromatic nitrogens is 1. The summed E-state index contributed by atoms with van der Waals surface area (Å²) in [5, 5.41) is 0. The molecule has 0 amide bonds.